The molecule has 1 aromatic carbocycles. The van der Waals surface area contributed by atoms with Crippen molar-refractivity contribution in [2.75, 3.05) is 6.54 Å². The van der Waals surface area contributed by atoms with Crippen LogP contribution < -0.4 is 10.6 Å². The lowest BCUT2D eigenvalue weighted by Gasteiger charge is -2.18. The van der Waals surface area contributed by atoms with Gasteiger partial charge < -0.3 is 15.2 Å². The van der Waals surface area contributed by atoms with Crippen LogP contribution in [-0.4, -0.2) is 33.3 Å². The van der Waals surface area contributed by atoms with E-state index in [0.717, 1.165) is 35.8 Å². The predicted octanol–water partition coefficient (Wildman–Crippen LogP) is 3.90. The Hall–Kier alpha value is -1.16. The van der Waals surface area contributed by atoms with Gasteiger partial charge in [-0.3, -0.25) is 0 Å². The van der Waals surface area contributed by atoms with E-state index in [-0.39, 0.29) is 24.0 Å². The molecule has 0 saturated heterocycles. The van der Waals surface area contributed by atoms with Crippen LogP contribution in [0.25, 0.3) is 0 Å². The smallest absolute Gasteiger partial charge is 0.191 e. The van der Waals surface area contributed by atoms with Crippen molar-refractivity contribution < 1.29 is 0 Å². The number of benzene rings is 1. The van der Waals surface area contributed by atoms with Crippen molar-refractivity contribution in [3.05, 3.63) is 46.5 Å². The van der Waals surface area contributed by atoms with Gasteiger partial charge in [-0.25, -0.2) is 4.99 Å². The van der Waals surface area contributed by atoms with E-state index in [1.54, 1.807) is 6.33 Å². The summed E-state index contributed by atoms with van der Waals surface area (Å²) in [7, 11) is 0. The molecule has 0 atom stereocenters. The summed E-state index contributed by atoms with van der Waals surface area (Å²) in [6.45, 7) is 4.40. The zero-order chi connectivity index (χ0) is 18.2. The van der Waals surface area contributed by atoms with E-state index >= 15 is 0 Å². The van der Waals surface area contributed by atoms with Gasteiger partial charge in [0.25, 0.3) is 0 Å². The topological polar surface area (TPSA) is 67.1 Å². The molecule has 1 aliphatic carbocycles. The Labute approximate surface area is 186 Å². The van der Waals surface area contributed by atoms with E-state index in [9.17, 15) is 0 Å². The lowest BCUT2D eigenvalue weighted by atomic mass is 10.2. The first-order chi connectivity index (χ1) is 12.7. The van der Waals surface area contributed by atoms with Crippen LogP contribution in [-0.2, 0) is 19.5 Å². The van der Waals surface area contributed by atoms with Gasteiger partial charge in [-0.15, -0.1) is 34.2 Å². The van der Waals surface area contributed by atoms with E-state index in [0.29, 0.717) is 12.6 Å². The Morgan fingerprint density at radius 3 is 2.70 bits per heavy atom. The molecule has 1 saturated carbocycles. The van der Waals surface area contributed by atoms with E-state index in [4.69, 9.17) is 4.99 Å². The van der Waals surface area contributed by atoms with Crippen molar-refractivity contribution in [2.24, 2.45) is 4.99 Å². The van der Waals surface area contributed by atoms with Gasteiger partial charge in [-0.2, -0.15) is 0 Å². The minimum atomic E-state index is 0. The molecule has 1 heterocycles. The fourth-order valence-corrected chi connectivity index (χ4v) is 3.47. The van der Waals surface area contributed by atoms with Crippen LogP contribution in [0, 0.1) is 0 Å². The largest absolute Gasteiger partial charge is 0.355 e. The molecule has 148 valence electrons. The summed E-state index contributed by atoms with van der Waals surface area (Å²) in [5, 5.41) is 15.2. The van der Waals surface area contributed by atoms with Crippen molar-refractivity contribution in [1.29, 1.82) is 0 Å². The van der Waals surface area contributed by atoms with Crippen LogP contribution >= 0.6 is 39.9 Å². The van der Waals surface area contributed by atoms with Crippen LogP contribution in [0.5, 0.6) is 0 Å². The Morgan fingerprint density at radius 1 is 1.26 bits per heavy atom. The molecular weight excluding hydrogens is 519 g/mol. The molecule has 0 bridgehead atoms. The quantitative estimate of drug-likeness (QED) is 0.314. The second-order valence-corrected chi connectivity index (χ2v) is 7.55. The molecule has 3 rings (SSSR count). The van der Waals surface area contributed by atoms with Crippen molar-refractivity contribution in [3.63, 3.8) is 0 Å². The standard InChI is InChI=1S/C19H27BrN6.HI/c1-2-18-25-23-14-26(18)12-11-21-19(24-17-5-3-4-6-17)22-13-15-7-9-16(20)10-8-15;/h7-10,14,17H,2-6,11-13H2,1H3,(H2,21,22,24);1H. The molecule has 1 aliphatic rings. The van der Waals surface area contributed by atoms with Crippen molar-refractivity contribution in [2.45, 2.75) is 58.2 Å². The number of rotatable bonds is 7. The normalized spacial score (nSPS) is 14.8. The van der Waals surface area contributed by atoms with Crippen LogP contribution in [0.4, 0.5) is 0 Å². The second-order valence-electron chi connectivity index (χ2n) is 6.64. The first kappa shape index (κ1) is 22.1. The van der Waals surface area contributed by atoms with Gasteiger partial charge >= 0.3 is 0 Å². The predicted molar refractivity (Wildman–Crippen MR) is 123 cm³/mol. The summed E-state index contributed by atoms with van der Waals surface area (Å²) < 4.78 is 3.18. The highest BCUT2D eigenvalue weighted by atomic mass is 127. The Kier molecular flexibility index (Phi) is 9.53. The molecule has 2 aromatic rings. The number of halogens is 2. The third kappa shape index (κ3) is 7.06. The molecule has 0 amide bonds. The average molecular weight is 547 g/mol. The number of hydrogen-bond acceptors (Lipinski definition) is 3. The summed E-state index contributed by atoms with van der Waals surface area (Å²) in [5.74, 6) is 1.91. The molecule has 1 aromatic heterocycles. The Bertz CT molecular complexity index is 709. The third-order valence-corrected chi connectivity index (χ3v) is 5.21. The molecule has 0 aliphatic heterocycles. The van der Waals surface area contributed by atoms with Crippen LogP contribution in [0.1, 0.15) is 44.0 Å². The lowest BCUT2D eigenvalue weighted by Crippen LogP contribution is -2.43. The minimum absolute atomic E-state index is 0. The molecule has 2 N–H and O–H groups in total. The highest BCUT2D eigenvalue weighted by molar-refractivity contribution is 14.0. The number of aromatic nitrogens is 3. The Morgan fingerprint density at radius 2 is 2.00 bits per heavy atom. The zero-order valence-corrected chi connectivity index (χ0v) is 19.6. The van der Waals surface area contributed by atoms with Crippen LogP contribution in [0.2, 0.25) is 0 Å². The maximum absolute atomic E-state index is 4.79. The summed E-state index contributed by atoms with van der Waals surface area (Å²) in [5.41, 5.74) is 1.20. The van der Waals surface area contributed by atoms with E-state index in [1.807, 2.05) is 0 Å². The van der Waals surface area contributed by atoms with Gasteiger partial charge in [0, 0.05) is 30.0 Å². The van der Waals surface area contributed by atoms with E-state index in [2.05, 4.69) is 72.5 Å². The minimum Gasteiger partial charge on any atom is -0.355 e. The summed E-state index contributed by atoms with van der Waals surface area (Å²) >= 11 is 3.48. The average Bonchev–Trinajstić information content (AvgIpc) is 3.32. The summed E-state index contributed by atoms with van der Waals surface area (Å²) in [6, 6.07) is 8.85. The fraction of sp³-hybridized carbons (Fsp3) is 0.526. The number of hydrogen-bond donors (Lipinski definition) is 2. The fourth-order valence-electron chi connectivity index (χ4n) is 3.21. The zero-order valence-electron chi connectivity index (χ0n) is 15.7. The van der Waals surface area contributed by atoms with Gasteiger partial charge in [-0.1, -0.05) is 47.8 Å². The number of nitrogens with one attached hydrogen (secondary N) is 2. The monoisotopic (exact) mass is 546 g/mol. The van der Waals surface area contributed by atoms with E-state index < -0.39 is 0 Å². The summed E-state index contributed by atoms with van der Waals surface area (Å²) in [6.07, 6.45) is 7.75. The summed E-state index contributed by atoms with van der Waals surface area (Å²) in [4.78, 5) is 4.79. The molecule has 6 nitrogen and oxygen atoms in total. The van der Waals surface area contributed by atoms with Crippen molar-refractivity contribution >= 4 is 45.9 Å². The molecular formula is C19H28BrIN6. The first-order valence-corrected chi connectivity index (χ1v) is 10.2. The number of guanidine groups is 1. The van der Waals surface area contributed by atoms with Gasteiger partial charge in [0.2, 0.25) is 0 Å². The third-order valence-electron chi connectivity index (χ3n) is 4.69. The lowest BCUT2D eigenvalue weighted by molar-refractivity contribution is 0.593. The molecule has 1 fully saturated rings. The van der Waals surface area contributed by atoms with Crippen molar-refractivity contribution in [1.82, 2.24) is 25.4 Å². The van der Waals surface area contributed by atoms with Crippen LogP contribution in [0.15, 0.2) is 40.1 Å². The molecule has 8 heteroatoms. The number of nitrogens with zero attached hydrogens (tertiary/aromatic N) is 4. The molecule has 0 unspecified atom stereocenters. The highest BCUT2D eigenvalue weighted by Crippen LogP contribution is 2.17. The van der Waals surface area contributed by atoms with Gasteiger partial charge in [0.15, 0.2) is 5.96 Å². The number of aryl methyl sites for hydroxylation is 1. The molecule has 0 spiro atoms. The van der Waals surface area contributed by atoms with Crippen molar-refractivity contribution in [3.8, 4) is 0 Å². The molecule has 0 radical (unpaired) electrons. The van der Waals surface area contributed by atoms with Gasteiger partial charge in [0.1, 0.15) is 12.2 Å². The maximum atomic E-state index is 4.79. The second kappa shape index (κ2) is 11.6. The highest BCUT2D eigenvalue weighted by Gasteiger charge is 2.16. The molecule has 27 heavy (non-hydrogen) atoms. The maximum Gasteiger partial charge on any atom is 0.191 e. The SMILES string of the molecule is CCc1nncn1CCNC(=NCc1ccc(Br)cc1)NC1CCCC1.I. The van der Waals surface area contributed by atoms with E-state index in [1.165, 1.54) is 31.2 Å². The van der Waals surface area contributed by atoms with Crippen LogP contribution in [0.3, 0.4) is 0 Å². The Balaban J connectivity index is 0.00000261. The number of aliphatic imine (C=N–C) groups is 1. The first-order valence-electron chi connectivity index (χ1n) is 9.40. The van der Waals surface area contributed by atoms with Gasteiger partial charge in [0.05, 0.1) is 6.54 Å². The van der Waals surface area contributed by atoms with Gasteiger partial charge in [-0.05, 0) is 30.5 Å².